The average molecular weight is 402 g/mol. The first-order chi connectivity index (χ1) is 13.5. The van der Waals surface area contributed by atoms with Gasteiger partial charge >= 0.3 is 0 Å². The van der Waals surface area contributed by atoms with E-state index in [4.69, 9.17) is 16.3 Å². The molecule has 1 N–H and O–H groups in total. The molecule has 0 spiro atoms. The van der Waals surface area contributed by atoms with Crippen LogP contribution in [0.25, 0.3) is 0 Å². The zero-order valence-corrected chi connectivity index (χ0v) is 17.3. The number of carbonyl (C=O) groups excluding carboxylic acids is 1. The smallest absolute Gasteiger partial charge is 0.251 e. The van der Waals surface area contributed by atoms with E-state index in [1.807, 2.05) is 38.1 Å². The van der Waals surface area contributed by atoms with Crippen molar-refractivity contribution in [3.8, 4) is 5.75 Å². The van der Waals surface area contributed by atoms with E-state index in [9.17, 15) is 4.79 Å². The Hall–Kier alpha value is -2.24. The number of rotatable bonds is 7. The van der Waals surface area contributed by atoms with Crippen molar-refractivity contribution in [3.63, 3.8) is 0 Å². The SMILES string of the molecule is CC(C)Oc1ccc(C(=O)NCCN2CCN(c3ccc(Cl)cc3)CC2)cc1. The van der Waals surface area contributed by atoms with E-state index >= 15 is 0 Å². The Balaban J connectivity index is 1.38. The van der Waals surface area contributed by atoms with Crippen molar-refractivity contribution >= 4 is 23.2 Å². The molecule has 1 heterocycles. The molecule has 0 bridgehead atoms. The van der Waals surface area contributed by atoms with Crippen LogP contribution in [0.3, 0.4) is 0 Å². The van der Waals surface area contributed by atoms with Gasteiger partial charge in [0.25, 0.3) is 5.91 Å². The van der Waals surface area contributed by atoms with Crippen molar-refractivity contribution in [2.75, 3.05) is 44.2 Å². The van der Waals surface area contributed by atoms with E-state index in [1.54, 1.807) is 12.1 Å². The van der Waals surface area contributed by atoms with Crippen molar-refractivity contribution in [2.45, 2.75) is 20.0 Å². The largest absolute Gasteiger partial charge is 0.491 e. The van der Waals surface area contributed by atoms with Crippen LogP contribution < -0.4 is 15.0 Å². The van der Waals surface area contributed by atoms with E-state index in [0.29, 0.717) is 12.1 Å². The minimum atomic E-state index is -0.0455. The number of halogens is 1. The maximum Gasteiger partial charge on any atom is 0.251 e. The number of amides is 1. The van der Waals surface area contributed by atoms with Crippen LogP contribution in [0.2, 0.25) is 5.02 Å². The molecule has 0 atom stereocenters. The lowest BCUT2D eigenvalue weighted by Crippen LogP contribution is -2.48. The first kappa shape index (κ1) is 20.5. The Bertz CT molecular complexity index is 754. The summed E-state index contributed by atoms with van der Waals surface area (Å²) in [6, 6.07) is 15.3. The lowest BCUT2D eigenvalue weighted by molar-refractivity contribution is 0.0947. The van der Waals surface area contributed by atoms with Gasteiger partial charge in [-0.15, -0.1) is 0 Å². The van der Waals surface area contributed by atoms with Crippen molar-refractivity contribution in [1.82, 2.24) is 10.2 Å². The molecule has 0 saturated carbocycles. The topological polar surface area (TPSA) is 44.8 Å². The number of nitrogens with zero attached hydrogens (tertiary/aromatic N) is 2. The van der Waals surface area contributed by atoms with Crippen LogP contribution in [0.4, 0.5) is 5.69 Å². The highest BCUT2D eigenvalue weighted by Gasteiger charge is 2.17. The molecule has 3 rings (SSSR count). The van der Waals surface area contributed by atoms with E-state index in [-0.39, 0.29) is 12.0 Å². The molecule has 0 unspecified atom stereocenters. The van der Waals surface area contributed by atoms with Gasteiger partial charge in [0.05, 0.1) is 6.10 Å². The molecule has 1 amide bonds. The van der Waals surface area contributed by atoms with Crippen LogP contribution in [0, 0.1) is 0 Å². The Morgan fingerprint density at radius 3 is 2.29 bits per heavy atom. The second kappa shape index (κ2) is 9.80. The molecule has 0 aromatic heterocycles. The van der Waals surface area contributed by atoms with E-state index < -0.39 is 0 Å². The zero-order chi connectivity index (χ0) is 19.9. The zero-order valence-electron chi connectivity index (χ0n) is 16.5. The Labute approximate surface area is 172 Å². The molecule has 150 valence electrons. The summed E-state index contributed by atoms with van der Waals surface area (Å²) < 4.78 is 5.61. The molecule has 1 fully saturated rings. The number of hydrogen-bond acceptors (Lipinski definition) is 4. The number of anilines is 1. The molecular formula is C22H28ClN3O2. The summed E-state index contributed by atoms with van der Waals surface area (Å²) in [7, 11) is 0. The molecule has 0 aliphatic carbocycles. The maximum absolute atomic E-state index is 12.3. The summed E-state index contributed by atoms with van der Waals surface area (Å²) in [6.07, 6.45) is 0.125. The van der Waals surface area contributed by atoms with Crippen LogP contribution in [-0.2, 0) is 0 Å². The molecule has 6 heteroatoms. The van der Waals surface area contributed by atoms with Crippen LogP contribution in [-0.4, -0.2) is 56.2 Å². The number of carbonyl (C=O) groups is 1. The fourth-order valence-corrected chi connectivity index (χ4v) is 3.39. The summed E-state index contributed by atoms with van der Waals surface area (Å²) in [6.45, 7) is 9.39. The van der Waals surface area contributed by atoms with Crippen molar-refractivity contribution in [2.24, 2.45) is 0 Å². The summed E-state index contributed by atoms with van der Waals surface area (Å²) >= 11 is 5.96. The van der Waals surface area contributed by atoms with E-state index in [0.717, 1.165) is 43.5 Å². The van der Waals surface area contributed by atoms with Crippen molar-refractivity contribution in [3.05, 3.63) is 59.1 Å². The minimum Gasteiger partial charge on any atom is -0.491 e. The molecule has 1 aliphatic heterocycles. The van der Waals surface area contributed by atoms with E-state index in [1.165, 1.54) is 5.69 Å². The van der Waals surface area contributed by atoms with Crippen LogP contribution in [0.15, 0.2) is 48.5 Å². The monoisotopic (exact) mass is 401 g/mol. The second-order valence-electron chi connectivity index (χ2n) is 7.25. The van der Waals surface area contributed by atoms with Gasteiger partial charge in [0.2, 0.25) is 0 Å². The molecule has 28 heavy (non-hydrogen) atoms. The van der Waals surface area contributed by atoms with Gasteiger partial charge < -0.3 is 15.0 Å². The molecule has 5 nitrogen and oxygen atoms in total. The summed E-state index contributed by atoms with van der Waals surface area (Å²) in [5.41, 5.74) is 1.87. The summed E-state index contributed by atoms with van der Waals surface area (Å²) in [4.78, 5) is 17.0. The Morgan fingerprint density at radius 1 is 1.04 bits per heavy atom. The molecule has 1 saturated heterocycles. The predicted octanol–water partition coefficient (Wildman–Crippen LogP) is 3.68. The van der Waals surface area contributed by atoms with Gasteiger partial charge in [-0.2, -0.15) is 0 Å². The third kappa shape index (κ3) is 5.88. The molecular weight excluding hydrogens is 374 g/mol. The van der Waals surface area contributed by atoms with Crippen molar-refractivity contribution < 1.29 is 9.53 Å². The lowest BCUT2D eigenvalue weighted by atomic mass is 10.2. The molecule has 0 radical (unpaired) electrons. The van der Waals surface area contributed by atoms with Gasteiger partial charge in [-0.1, -0.05) is 11.6 Å². The van der Waals surface area contributed by atoms with Gasteiger partial charge in [0, 0.05) is 55.5 Å². The van der Waals surface area contributed by atoms with Crippen LogP contribution in [0.5, 0.6) is 5.75 Å². The third-order valence-corrected chi connectivity index (χ3v) is 5.02. The summed E-state index contributed by atoms with van der Waals surface area (Å²) in [5, 5.41) is 3.77. The second-order valence-corrected chi connectivity index (χ2v) is 7.69. The van der Waals surface area contributed by atoms with Gasteiger partial charge in [-0.25, -0.2) is 0 Å². The highest BCUT2D eigenvalue weighted by atomic mass is 35.5. The van der Waals surface area contributed by atoms with Crippen LogP contribution >= 0.6 is 11.6 Å². The molecule has 2 aromatic rings. The van der Waals surface area contributed by atoms with Gasteiger partial charge in [-0.05, 0) is 62.4 Å². The average Bonchev–Trinajstić information content (AvgIpc) is 2.69. The number of hydrogen-bond donors (Lipinski definition) is 1. The molecule has 2 aromatic carbocycles. The highest BCUT2D eigenvalue weighted by molar-refractivity contribution is 6.30. The molecule has 1 aliphatic rings. The number of piperazine rings is 1. The van der Waals surface area contributed by atoms with Crippen molar-refractivity contribution in [1.29, 1.82) is 0 Å². The standard InChI is InChI=1S/C22H28ClN3O2/c1-17(2)28-21-9-3-18(4-10-21)22(27)24-11-12-25-13-15-26(16-14-25)20-7-5-19(23)6-8-20/h3-10,17H,11-16H2,1-2H3,(H,24,27). The van der Waals surface area contributed by atoms with Gasteiger partial charge in [-0.3, -0.25) is 9.69 Å². The van der Waals surface area contributed by atoms with Gasteiger partial charge in [0.15, 0.2) is 0 Å². The normalized spacial score (nSPS) is 14.9. The minimum absolute atomic E-state index is 0.0455. The van der Waals surface area contributed by atoms with E-state index in [2.05, 4.69) is 27.2 Å². The number of nitrogens with one attached hydrogen (secondary N) is 1. The van der Waals surface area contributed by atoms with Crippen LogP contribution in [0.1, 0.15) is 24.2 Å². The maximum atomic E-state index is 12.3. The first-order valence-electron chi connectivity index (χ1n) is 9.79. The lowest BCUT2D eigenvalue weighted by Gasteiger charge is -2.36. The quantitative estimate of drug-likeness (QED) is 0.768. The predicted molar refractivity (Wildman–Crippen MR) is 115 cm³/mol. The highest BCUT2D eigenvalue weighted by Crippen LogP contribution is 2.19. The fourth-order valence-electron chi connectivity index (χ4n) is 3.27. The number of benzene rings is 2. The summed E-state index contributed by atoms with van der Waals surface area (Å²) in [5.74, 6) is 0.737. The third-order valence-electron chi connectivity index (χ3n) is 4.77. The first-order valence-corrected chi connectivity index (χ1v) is 10.2. The Morgan fingerprint density at radius 2 is 1.68 bits per heavy atom. The van der Waals surface area contributed by atoms with Gasteiger partial charge in [0.1, 0.15) is 5.75 Å². The number of ether oxygens (including phenoxy) is 1. The fraction of sp³-hybridized carbons (Fsp3) is 0.409. The Kier molecular flexibility index (Phi) is 7.18.